The summed E-state index contributed by atoms with van der Waals surface area (Å²) in [5.74, 6) is -12.2. The van der Waals surface area contributed by atoms with Crippen molar-refractivity contribution in [1.82, 2.24) is 73.1 Å². The predicted octanol–water partition coefficient (Wildman–Crippen LogP) is -0.928. The van der Waals surface area contributed by atoms with Gasteiger partial charge in [0, 0.05) is 57.8 Å². The maximum absolute atomic E-state index is 15.5. The number of amides is 12. The smallest absolute Gasteiger partial charge is 0.246 e. The first-order chi connectivity index (χ1) is 58.7. The third kappa shape index (κ3) is 27.1. The van der Waals surface area contributed by atoms with E-state index in [0.717, 1.165) is 16.7 Å². The van der Waals surface area contributed by atoms with E-state index in [-0.39, 0.29) is 95.1 Å². The number of phenols is 1. The number of carbonyl (C=O) groups excluding carboxylic acids is 12. The second kappa shape index (κ2) is 45.3. The topological polar surface area (TPSA) is 537 Å². The van der Waals surface area contributed by atoms with Crippen LogP contribution in [-0.2, 0) is 112 Å². The number of primary amides is 2. The van der Waals surface area contributed by atoms with E-state index >= 15 is 43.2 Å². The van der Waals surface area contributed by atoms with Crippen LogP contribution >= 0.6 is 0 Å². The fourth-order valence-corrected chi connectivity index (χ4v) is 14.8. The first-order valence-corrected chi connectivity index (χ1v) is 40.9. The van der Waals surface area contributed by atoms with Gasteiger partial charge in [0.2, 0.25) is 70.9 Å². The van der Waals surface area contributed by atoms with Gasteiger partial charge in [0.05, 0.1) is 37.9 Å². The van der Waals surface area contributed by atoms with Crippen LogP contribution in [0.15, 0.2) is 176 Å². The summed E-state index contributed by atoms with van der Waals surface area (Å²) < 4.78 is 13.5. The number of aromatic hydroxyl groups is 1. The van der Waals surface area contributed by atoms with Gasteiger partial charge in [-0.1, -0.05) is 177 Å². The number of aliphatic hydroxyl groups excluding tert-OH is 3. The highest BCUT2D eigenvalue weighted by Gasteiger charge is 2.46. The number of aliphatic hydroxyl groups is 3. The molecule has 122 heavy (non-hydrogen) atoms. The summed E-state index contributed by atoms with van der Waals surface area (Å²) in [4.78, 5) is 179. The number of phenolic OH excluding ortho intramolecular Hbond substituents is 1. The van der Waals surface area contributed by atoms with Gasteiger partial charge in [-0.15, -0.1) is 5.10 Å². The predicted molar refractivity (Wildman–Crippen MR) is 444 cm³/mol. The molecule has 3 saturated heterocycles. The van der Waals surface area contributed by atoms with Crippen molar-refractivity contribution < 1.29 is 87.4 Å². The molecule has 3 aliphatic heterocycles. The third-order valence-electron chi connectivity index (χ3n) is 21.3. The van der Waals surface area contributed by atoms with Crippen molar-refractivity contribution in [3.8, 4) is 16.9 Å². The third-order valence-corrected chi connectivity index (χ3v) is 21.3. The van der Waals surface area contributed by atoms with Gasteiger partial charge in [0.25, 0.3) is 0 Å². The molecule has 6 aromatic carbocycles. The second-order valence-electron chi connectivity index (χ2n) is 31.1. The summed E-state index contributed by atoms with van der Waals surface area (Å²) in [5.41, 5.74) is 22.3. The minimum Gasteiger partial charge on any atom is -0.508 e. The number of hydrogen-bond acceptors (Lipinski definition) is 22. The number of benzene rings is 6. The Kier molecular flexibility index (Phi) is 34.1. The van der Waals surface area contributed by atoms with Crippen molar-refractivity contribution in [3.05, 3.63) is 210 Å². The van der Waals surface area contributed by atoms with Crippen LogP contribution in [0.2, 0.25) is 0 Å². The van der Waals surface area contributed by atoms with E-state index in [1.54, 1.807) is 105 Å². The lowest BCUT2D eigenvalue weighted by Gasteiger charge is -2.42. The van der Waals surface area contributed by atoms with Gasteiger partial charge >= 0.3 is 0 Å². The zero-order chi connectivity index (χ0) is 87.4. The summed E-state index contributed by atoms with van der Waals surface area (Å²) in [6.07, 6.45) is -7.25. The largest absolute Gasteiger partial charge is 0.508 e. The number of nitrogens with two attached hydrogens (primary N) is 3. The van der Waals surface area contributed by atoms with Gasteiger partial charge in [-0.3, -0.25) is 57.5 Å². The molecule has 35 heteroatoms. The lowest BCUT2D eigenvalue weighted by Crippen LogP contribution is -2.63. The van der Waals surface area contributed by atoms with Crippen molar-refractivity contribution in [3.63, 3.8) is 0 Å². The Morgan fingerprint density at radius 2 is 0.967 bits per heavy atom. The van der Waals surface area contributed by atoms with Crippen LogP contribution < -0.4 is 70.4 Å². The minimum atomic E-state index is -1.93. The number of rotatable bonds is 29. The molecule has 1 aromatic heterocycles. The molecule has 35 nitrogen and oxygen atoms in total. The molecular formula is C87H109N17O18. The highest BCUT2D eigenvalue weighted by molar-refractivity contribution is 6.01. The molecule has 3 fully saturated rings. The monoisotopic (exact) mass is 1680 g/mol. The van der Waals surface area contributed by atoms with E-state index in [4.69, 9.17) is 26.7 Å². The highest BCUT2D eigenvalue weighted by atomic mass is 16.7. The van der Waals surface area contributed by atoms with Crippen LogP contribution in [0.25, 0.3) is 11.1 Å². The zero-order valence-corrected chi connectivity index (χ0v) is 67.9. The van der Waals surface area contributed by atoms with Crippen LogP contribution in [0.3, 0.4) is 0 Å². The Balaban J connectivity index is 0.997. The molecule has 10 rings (SSSR count). The summed E-state index contributed by atoms with van der Waals surface area (Å²) in [6, 6.07) is 31.7. The lowest BCUT2D eigenvalue weighted by molar-refractivity contribution is -0.271. The number of aromatic nitrogens is 3. The molecule has 20 N–H and O–H groups in total. The van der Waals surface area contributed by atoms with Gasteiger partial charge in [0.1, 0.15) is 84.5 Å². The molecule has 0 bridgehead atoms. The molecule has 7 aromatic rings. The molecule has 0 aliphatic carbocycles. The van der Waals surface area contributed by atoms with Crippen molar-refractivity contribution in [2.75, 3.05) is 26.3 Å². The van der Waals surface area contributed by atoms with Gasteiger partial charge in [0.15, 0.2) is 6.29 Å². The Morgan fingerprint density at radius 1 is 0.525 bits per heavy atom. The van der Waals surface area contributed by atoms with E-state index in [0.29, 0.717) is 28.7 Å². The van der Waals surface area contributed by atoms with E-state index in [1.807, 2.05) is 54.6 Å². The van der Waals surface area contributed by atoms with Crippen molar-refractivity contribution in [1.29, 1.82) is 0 Å². The first-order valence-electron chi connectivity index (χ1n) is 40.9. The zero-order valence-electron chi connectivity index (χ0n) is 67.9. The van der Waals surface area contributed by atoms with Crippen LogP contribution in [0.5, 0.6) is 5.75 Å². The van der Waals surface area contributed by atoms with Gasteiger partial charge < -0.3 is 105 Å². The molecule has 0 unspecified atom stereocenters. The maximum atomic E-state index is 15.5. The molecule has 15 atom stereocenters. The van der Waals surface area contributed by atoms with Gasteiger partial charge in [-0.25, -0.2) is 4.68 Å². The van der Waals surface area contributed by atoms with Crippen LogP contribution in [0.4, 0.5) is 0 Å². The fraction of sp³-hybridized carbons (Fsp3) is 0.425. The Bertz CT molecular complexity index is 4670. The number of fused-ring (bicyclic) bond motifs is 1. The molecule has 0 saturated carbocycles. The number of nitrogens with zero attached hydrogens (tertiary/aromatic N) is 4. The van der Waals surface area contributed by atoms with E-state index < -0.39 is 201 Å². The first kappa shape index (κ1) is 91.9. The molecule has 4 heterocycles. The number of hydrogen-bond donors (Lipinski definition) is 17. The Morgan fingerprint density at radius 3 is 1.49 bits per heavy atom. The molecule has 650 valence electrons. The average molecular weight is 1680 g/mol. The molecule has 0 spiro atoms. The van der Waals surface area contributed by atoms with Crippen LogP contribution in [-0.4, -0.2) is 229 Å². The van der Waals surface area contributed by atoms with E-state index in [1.165, 1.54) is 40.0 Å². The van der Waals surface area contributed by atoms with Crippen LogP contribution in [0.1, 0.15) is 98.7 Å². The van der Waals surface area contributed by atoms with Crippen molar-refractivity contribution in [2.24, 2.45) is 23.1 Å². The van der Waals surface area contributed by atoms with Crippen molar-refractivity contribution >= 4 is 70.9 Å². The molecule has 12 amide bonds. The maximum Gasteiger partial charge on any atom is 0.246 e. The van der Waals surface area contributed by atoms with Crippen LogP contribution in [0, 0.1) is 5.92 Å². The Labute approximate surface area is 705 Å². The quantitative estimate of drug-likeness (QED) is 0.0269. The lowest BCUT2D eigenvalue weighted by atomic mass is 9.96. The van der Waals surface area contributed by atoms with Gasteiger partial charge in [-0.2, -0.15) is 0 Å². The average Bonchev–Trinajstić information content (AvgIpc) is 1.55. The number of nitrogens with one attached hydrogen (secondary N) is 10. The molecular weight excluding hydrogens is 1570 g/mol. The summed E-state index contributed by atoms with van der Waals surface area (Å²) in [6.45, 7) is 2.87. The SMILES string of the molecule is CC(C)C[C@@H]1NC(=O)[C@H](CCCN)NC(=O)[C@H](Cc2cn(CCO[C@@H]3O[C@H](CO)[C@H](O)[C@H](O)[C@H]3NCc3ccc(-c4ccccc4)cc3)nn2)NC(=O)[C@H](Cc2ccc(O)cc2)NC(=O)[C@H](CCC(N)=O)NC(=O)[C@H](CC(N)=O)NC(=O)[C@@H](Cc2ccccc2)NC(=O)[C@H](Cc2ccccc2)NC(=O)[C@@H]2CCCN2C(=O)[C@@H](Cc2ccccc2)NC1=O. The molecule has 3 aliphatic rings. The number of carbonyl (C=O) groups is 12. The van der Waals surface area contributed by atoms with Crippen molar-refractivity contribution in [2.45, 2.75) is 201 Å². The highest BCUT2D eigenvalue weighted by Crippen LogP contribution is 2.26. The molecule has 0 radical (unpaired) electrons. The normalized spacial score (nSPS) is 24.7. The summed E-state index contributed by atoms with van der Waals surface area (Å²) in [7, 11) is 0. The Hall–Kier alpha value is -12.4. The second-order valence-corrected chi connectivity index (χ2v) is 31.1. The summed E-state index contributed by atoms with van der Waals surface area (Å²) >= 11 is 0. The minimum absolute atomic E-state index is 0.00402. The van der Waals surface area contributed by atoms with E-state index in [9.17, 15) is 34.8 Å². The van der Waals surface area contributed by atoms with Gasteiger partial charge in [-0.05, 0) is 102 Å². The van der Waals surface area contributed by atoms with E-state index in [2.05, 4.69) is 63.5 Å². The number of ether oxygens (including phenoxy) is 2. The standard InChI is InChI=1S/C87H109N17O18/c1-51(2)41-63-79(113)100-69(45-54-21-11-5-12-22-54)86(120)104-38-16-26-70(104)85(119)99-66(43-53-19-9-4-10-20-53)82(116)96-64(42-52-17-7-3-8-18-52)81(115)98-68(47-73(90)108)84(118)93-62(35-36-72(89)107)78(112)95-65(44-55-29-33-60(106)34-30-55)80(114)97-67(83(117)92-61(25-15-37-88)77(111)94-63)46-59-49-103(102-101-59)39-40-121-87-74(76(110)75(109)71(50-105)122-87)91-48-56-27-31-58(32-28-56)57-23-13-6-14-24-57/h3-14,17-24,27-34,49,51,61-71,74-76,87,91,105-106,109-110H,15-16,25-26,35-48,50,88H2,1-2H3,(H2,89,107)(H2,90,108)(H,92,117)(H,93,118)(H,94,111)(H,95,112)(H,96,116)(H,97,114)(H,98,115)(H,99,119)(H,100,113)/t61-,62-,63-,64+,65-,66-,67-,68-,69+,70-,71+,74+,75-,76+,87+/m0/s1. The fourth-order valence-electron chi connectivity index (χ4n) is 14.8. The summed E-state index contributed by atoms with van der Waals surface area (Å²) in [5, 5.41) is 79.2.